The number of rotatable bonds is 25. The molecule has 0 spiro atoms. The molecule has 14 aromatic rings. The van der Waals surface area contributed by atoms with E-state index in [1.165, 1.54) is 85.6 Å². The second-order valence-electron chi connectivity index (χ2n) is 24.5. The number of benzene rings is 13. The lowest BCUT2D eigenvalue weighted by Gasteiger charge is -2.20. The highest BCUT2D eigenvalue weighted by Crippen LogP contribution is 2.36. The zero-order valence-corrected chi connectivity index (χ0v) is 65.1. The Hall–Kier alpha value is -9.67. The second-order valence-corrected chi connectivity index (χ2v) is 36.2. The zero-order valence-electron chi connectivity index (χ0n) is 59.9. The number of esters is 1. The van der Waals surface area contributed by atoms with Crippen molar-refractivity contribution >= 4 is 129 Å². The molecule has 0 radical (unpaired) electrons. The van der Waals surface area contributed by atoms with E-state index in [-0.39, 0.29) is 5.97 Å². The first-order chi connectivity index (χ1) is 52.1. The molecule has 12 heteroatoms. The molecule has 106 heavy (non-hydrogen) atoms. The summed E-state index contributed by atoms with van der Waals surface area (Å²) >= 11 is 1.51. The number of carbonyl (C=O) groups excluding carboxylic acids is 2. The Balaban J connectivity index is 0.000000144. The van der Waals surface area contributed by atoms with Crippen molar-refractivity contribution in [2.45, 2.75) is 45.6 Å². The molecule has 6 nitrogen and oxygen atoms in total. The van der Waals surface area contributed by atoms with Crippen molar-refractivity contribution in [3.63, 3.8) is 0 Å². The van der Waals surface area contributed by atoms with Crippen molar-refractivity contribution in [2.24, 2.45) is 0 Å². The molecule has 0 bridgehead atoms. The molecule has 14 rings (SSSR count). The van der Waals surface area contributed by atoms with E-state index < -0.39 is 41.7 Å². The van der Waals surface area contributed by atoms with Gasteiger partial charge in [0.05, 0.1) is 12.9 Å². The number of sulfonamides is 1. The molecule has 13 aromatic carbocycles. The number of aldehydes is 1. The van der Waals surface area contributed by atoms with Crippen LogP contribution < -0.4 is 63.7 Å². The number of carbonyl (C=O) groups is 2. The molecule has 0 aliphatic rings. The van der Waals surface area contributed by atoms with Gasteiger partial charge < -0.3 is 4.74 Å². The average Bonchev–Trinajstić information content (AvgIpc) is 1.14. The zero-order chi connectivity index (χ0) is 73.6. The van der Waals surface area contributed by atoms with E-state index in [0.717, 1.165) is 48.0 Å². The fourth-order valence-corrected chi connectivity index (χ4v) is 22.8. The molecule has 0 aliphatic heterocycles. The lowest BCUT2D eigenvalue weighted by atomic mass is 10.1. The Morgan fingerprint density at radius 3 is 0.821 bits per heavy atom. The van der Waals surface area contributed by atoms with E-state index in [1.807, 2.05) is 29.6 Å². The SMILES string of the molecule is CCOC(=O)CCCCCCN(Cc1ccc(-c2sccc2C=O)cc1)S(C)(=O)=O.c1ccc(P(c2ccccc2)c2ccccc2)cc1.c1ccc(P(c2ccccc2)c2ccccc2)cc1.c1ccc(P(c2ccccc2)c2ccccc2)cc1.c1ccc(P(c2ccccc2)c2ccccc2)cc1. The Labute approximate surface area is 637 Å². The summed E-state index contributed by atoms with van der Waals surface area (Å²) in [5, 5.41) is 18.7. The Morgan fingerprint density at radius 1 is 0.349 bits per heavy atom. The van der Waals surface area contributed by atoms with Gasteiger partial charge in [-0.25, -0.2) is 8.42 Å². The molecular weight excluding hydrogens is 1410 g/mol. The van der Waals surface area contributed by atoms with Crippen LogP contribution in [0, 0.1) is 0 Å². The monoisotopic (exact) mass is 1500 g/mol. The average molecular weight is 1500 g/mol. The summed E-state index contributed by atoms with van der Waals surface area (Å²) in [4.78, 5) is 23.4. The Bertz CT molecular complexity index is 4010. The van der Waals surface area contributed by atoms with Gasteiger partial charge in [-0.05, 0) is 138 Å². The van der Waals surface area contributed by atoms with E-state index in [2.05, 4.69) is 364 Å². The Morgan fingerprint density at radius 2 is 0.594 bits per heavy atom. The van der Waals surface area contributed by atoms with Crippen molar-refractivity contribution in [2.75, 3.05) is 19.4 Å². The smallest absolute Gasteiger partial charge is 0.305 e. The maximum Gasteiger partial charge on any atom is 0.305 e. The predicted molar refractivity (Wildman–Crippen MR) is 461 cm³/mol. The molecule has 0 saturated carbocycles. The Kier molecular flexibility index (Phi) is 32.5. The number of nitrogens with zero attached hydrogens (tertiary/aromatic N) is 1. The third-order valence-corrected chi connectivity index (χ3v) is 28.9. The quantitative estimate of drug-likeness (QED) is 0.0246. The van der Waals surface area contributed by atoms with Gasteiger partial charge >= 0.3 is 5.97 Å². The minimum atomic E-state index is -3.33. The van der Waals surface area contributed by atoms with Crippen LogP contribution in [0.5, 0.6) is 0 Å². The lowest BCUT2D eigenvalue weighted by molar-refractivity contribution is -0.143. The van der Waals surface area contributed by atoms with E-state index in [0.29, 0.717) is 31.7 Å². The van der Waals surface area contributed by atoms with Crippen LogP contribution in [0.25, 0.3) is 10.4 Å². The first-order valence-corrected chi connectivity index (χ1v) is 43.8. The van der Waals surface area contributed by atoms with Crippen LogP contribution in [0.15, 0.2) is 400 Å². The fraction of sp³-hybridized carbons (Fsp3) is 0.106. The predicted octanol–water partition coefficient (Wildman–Crippen LogP) is 18.3. The maximum absolute atomic E-state index is 12.2. The van der Waals surface area contributed by atoms with Gasteiger partial charge in [0.15, 0.2) is 6.29 Å². The van der Waals surface area contributed by atoms with Crippen molar-refractivity contribution < 1.29 is 22.7 Å². The summed E-state index contributed by atoms with van der Waals surface area (Å²) < 4.78 is 30.7. The molecular formula is C94H89NO5P4S2. The molecule has 0 amide bonds. The van der Waals surface area contributed by atoms with Crippen LogP contribution >= 0.6 is 43.0 Å². The summed E-state index contributed by atoms with van der Waals surface area (Å²) in [7, 11) is -5.11. The van der Waals surface area contributed by atoms with Gasteiger partial charge in [0, 0.05) is 30.0 Å². The minimum Gasteiger partial charge on any atom is -0.466 e. The number of thiophene rings is 1. The van der Waals surface area contributed by atoms with Gasteiger partial charge in [0.1, 0.15) is 0 Å². The van der Waals surface area contributed by atoms with Gasteiger partial charge in [-0.3, -0.25) is 9.59 Å². The van der Waals surface area contributed by atoms with Crippen molar-refractivity contribution in [1.29, 1.82) is 0 Å². The van der Waals surface area contributed by atoms with E-state index in [9.17, 15) is 18.0 Å². The molecule has 0 atom stereocenters. The van der Waals surface area contributed by atoms with Crippen molar-refractivity contribution in [3.05, 3.63) is 411 Å². The first kappa shape index (κ1) is 78.9. The largest absolute Gasteiger partial charge is 0.466 e. The van der Waals surface area contributed by atoms with Gasteiger partial charge in [-0.1, -0.05) is 401 Å². The fourth-order valence-electron chi connectivity index (χ4n) is 11.8. The van der Waals surface area contributed by atoms with Crippen LogP contribution in [0.3, 0.4) is 0 Å². The second kappa shape index (κ2) is 43.7. The van der Waals surface area contributed by atoms with Crippen LogP contribution in [-0.4, -0.2) is 44.4 Å². The molecule has 0 unspecified atom stereocenters. The van der Waals surface area contributed by atoms with Crippen LogP contribution in [0.2, 0.25) is 0 Å². The molecule has 532 valence electrons. The summed E-state index contributed by atoms with van der Waals surface area (Å²) in [6.07, 6.45) is 5.70. The lowest BCUT2D eigenvalue weighted by Crippen LogP contribution is -2.30. The summed E-state index contributed by atoms with van der Waals surface area (Å²) in [6, 6.07) is 139. The molecule has 0 saturated heterocycles. The normalized spacial score (nSPS) is 10.9. The molecule has 1 heterocycles. The first-order valence-electron chi connectivity index (χ1n) is 35.7. The summed E-state index contributed by atoms with van der Waals surface area (Å²) in [5.41, 5.74) is 2.51. The molecule has 1 aromatic heterocycles. The highest BCUT2D eigenvalue weighted by molar-refractivity contribution is 7.88. The maximum atomic E-state index is 12.2. The summed E-state index contributed by atoms with van der Waals surface area (Å²) in [5.74, 6) is -0.179. The highest BCUT2D eigenvalue weighted by Gasteiger charge is 2.21. The number of hydrogen-bond donors (Lipinski definition) is 0. The number of hydrogen-bond acceptors (Lipinski definition) is 6. The van der Waals surface area contributed by atoms with Crippen molar-refractivity contribution in [3.8, 4) is 10.4 Å². The van der Waals surface area contributed by atoms with Crippen LogP contribution in [0.1, 0.15) is 54.9 Å². The van der Waals surface area contributed by atoms with Gasteiger partial charge in [0.2, 0.25) is 10.0 Å². The standard InChI is InChI=1S/C22H29NO5S2.4C18H15P/c1-3-28-21(25)8-6-4-5-7-14-23(30(2,26)27)16-18-9-11-19(12-10-18)22-20(17-24)13-15-29-22;4*1-4-10-16(11-5-1)19(17-12-6-2-7-13-17)18-14-8-3-9-15-18/h9-13,15,17H,3-8,14,16H2,1-2H3;4*1-15H. The third-order valence-electron chi connectivity index (χ3n) is 16.9. The molecule has 0 fully saturated rings. The van der Waals surface area contributed by atoms with Gasteiger partial charge in [0.25, 0.3) is 0 Å². The minimum absolute atomic E-state index is 0.179. The molecule has 0 aliphatic carbocycles. The van der Waals surface area contributed by atoms with Gasteiger partial charge in [-0.2, -0.15) is 4.31 Å². The van der Waals surface area contributed by atoms with Crippen LogP contribution in [-0.2, 0) is 26.1 Å². The summed E-state index contributed by atoms with van der Waals surface area (Å²) in [6.45, 7) is 2.94. The highest BCUT2D eigenvalue weighted by atomic mass is 32.2. The van der Waals surface area contributed by atoms with E-state index in [4.69, 9.17) is 4.74 Å². The number of ether oxygens (including phenoxy) is 1. The van der Waals surface area contributed by atoms with E-state index in [1.54, 1.807) is 13.0 Å². The van der Waals surface area contributed by atoms with E-state index >= 15 is 0 Å². The van der Waals surface area contributed by atoms with Crippen LogP contribution in [0.4, 0.5) is 0 Å². The van der Waals surface area contributed by atoms with Crippen molar-refractivity contribution in [1.82, 2.24) is 4.31 Å². The third kappa shape index (κ3) is 24.7. The topological polar surface area (TPSA) is 80.8 Å². The van der Waals surface area contributed by atoms with Gasteiger partial charge in [-0.15, -0.1) is 11.3 Å². The number of unbranched alkanes of at least 4 members (excludes halogenated alkanes) is 3. The molecule has 0 N–H and O–H groups in total.